The van der Waals surface area contributed by atoms with Gasteiger partial charge in [-0.25, -0.2) is 4.39 Å². The summed E-state index contributed by atoms with van der Waals surface area (Å²) in [7, 11) is 1.58. The fourth-order valence-electron chi connectivity index (χ4n) is 3.62. The van der Waals surface area contributed by atoms with Crippen LogP contribution in [0.2, 0.25) is 0 Å². The van der Waals surface area contributed by atoms with Crippen molar-refractivity contribution in [3.05, 3.63) is 101 Å². The number of hydrogen-bond donors (Lipinski definition) is 2. The van der Waals surface area contributed by atoms with Gasteiger partial charge in [0.2, 0.25) is 12.3 Å². The highest BCUT2D eigenvalue weighted by Gasteiger charge is 2.47. The lowest BCUT2D eigenvalue weighted by atomic mass is 9.99. The predicted molar refractivity (Wildman–Crippen MR) is 118 cm³/mol. The number of benzene rings is 3. The van der Waals surface area contributed by atoms with E-state index >= 15 is 0 Å². The smallest absolute Gasteiger partial charge is 0.304 e. The summed E-state index contributed by atoms with van der Waals surface area (Å²) in [4.78, 5) is 25.7. The Bertz CT molecular complexity index is 1160. The highest BCUT2D eigenvalue weighted by molar-refractivity contribution is 5.98. The van der Waals surface area contributed by atoms with E-state index < -0.39 is 23.8 Å². The van der Waals surface area contributed by atoms with Gasteiger partial charge in [0.05, 0.1) is 7.11 Å². The van der Waals surface area contributed by atoms with Gasteiger partial charge in [-0.3, -0.25) is 9.59 Å². The molecule has 0 aromatic heterocycles. The maximum atomic E-state index is 13.2. The first-order chi connectivity index (χ1) is 15.4. The molecule has 1 aliphatic heterocycles. The van der Waals surface area contributed by atoms with Crippen molar-refractivity contribution in [1.29, 1.82) is 0 Å². The van der Waals surface area contributed by atoms with Crippen molar-refractivity contribution in [2.45, 2.75) is 19.0 Å². The Kier molecular flexibility index (Phi) is 5.98. The maximum absolute atomic E-state index is 13.2. The molecule has 4 rings (SSSR count). The summed E-state index contributed by atoms with van der Waals surface area (Å²) in [6.07, 6.45) is 1.83. The van der Waals surface area contributed by atoms with Crippen LogP contribution in [-0.4, -0.2) is 35.9 Å². The molecule has 0 spiro atoms. The van der Waals surface area contributed by atoms with Gasteiger partial charge in [0, 0.05) is 16.7 Å². The zero-order chi connectivity index (χ0) is 22.7. The van der Waals surface area contributed by atoms with Gasteiger partial charge in [-0.05, 0) is 67.6 Å². The van der Waals surface area contributed by atoms with Crippen LogP contribution >= 0.6 is 0 Å². The van der Waals surface area contributed by atoms with Crippen molar-refractivity contribution in [2.75, 3.05) is 7.11 Å². The number of methoxy groups -OCH3 is 1. The number of rotatable bonds is 5. The highest BCUT2D eigenvalue weighted by Crippen LogP contribution is 2.27. The molecule has 3 aromatic rings. The number of hydrogen-bond acceptors (Lipinski definition) is 3. The number of nitrogens with one attached hydrogen (secondary N) is 2. The van der Waals surface area contributed by atoms with Gasteiger partial charge in [-0.15, -0.1) is 10.1 Å². The molecule has 0 saturated carbocycles. The van der Waals surface area contributed by atoms with Crippen LogP contribution in [0.25, 0.3) is 0 Å². The highest BCUT2D eigenvalue weighted by atomic mass is 19.1. The number of amides is 2. The van der Waals surface area contributed by atoms with Crippen molar-refractivity contribution < 1.29 is 23.4 Å². The molecule has 1 saturated heterocycles. The van der Waals surface area contributed by atoms with Crippen LogP contribution in [0.4, 0.5) is 4.39 Å². The molecule has 0 bridgehead atoms. The Morgan fingerprint density at radius 1 is 1.03 bits per heavy atom. The van der Waals surface area contributed by atoms with E-state index in [1.165, 1.54) is 24.3 Å². The second kappa shape index (κ2) is 9.01. The van der Waals surface area contributed by atoms with E-state index in [0.717, 1.165) is 16.7 Å². The lowest BCUT2D eigenvalue weighted by Crippen LogP contribution is -2.42. The largest absolute Gasteiger partial charge is 0.497 e. The first-order valence-electron chi connectivity index (χ1n) is 10.2. The molecule has 1 fully saturated rings. The summed E-state index contributed by atoms with van der Waals surface area (Å²) in [6, 6.07) is 19.0. The molecule has 0 radical (unpaired) electrons. The van der Waals surface area contributed by atoms with E-state index in [4.69, 9.17) is 4.74 Å². The fourth-order valence-corrected chi connectivity index (χ4v) is 3.62. The van der Waals surface area contributed by atoms with E-state index in [0.29, 0.717) is 5.75 Å². The number of carbonyl (C=O) groups excluding carboxylic acids is 2. The van der Waals surface area contributed by atoms with E-state index in [2.05, 4.69) is 10.7 Å². The third-order valence-corrected chi connectivity index (χ3v) is 5.35. The first-order valence-corrected chi connectivity index (χ1v) is 10.2. The SMILES string of the molecule is COc1ccc([C@H]2[C@@H](NC(=O)c3ccc(F)cc3)C(=O)N/[N+]2=C\c2ccc(C)cc2)cc1. The normalized spacial score (nSPS) is 19.0. The molecule has 2 N–H and O–H groups in total. The zero-order valence-electron chi connectivity index (χ0n) is 17.7. The number of ether oxygens (including phenoxy) is 1. The van der Waals surface area contributed by atoms with Gasteiger partial charge >= 0.3 is 5.91 Å². The number of hydrazine groups is 1. The van der Waals surface area contributed by atoms with Crippen LogP contribution in [0.5, 0.6) is 5.75 Å². The first kappa shape index (κ1) is 21.2. The van der Waals surface area contributed by atoms with Gasteiger partial charge in [-0.2, -0.15) is 0 Å². The van der Waals surface area contributed by atoms with Crippen LogP contribution in [0, 0.1) is 12.7 Å². The Morgan fingerprint density at radius 2 is 1.69 bits per heavy atom. The van der Waals surface area contributed by atoms with Crippen molar-refractivity contribution in [1.82, 2.24) is 10.7 Å². The molecule has 0 unspecified atom stereocenters. The molecule has 32 heavy (non-hydrogen) atoms. The Hall–Kier alpha value is -4.00. The van der Waals surface area contributed by atoms with Gasteiger partial charge in [-0.1, -0.05) is 17.7 Å². The summed E-state index contributed by atoms with van der Waals surface area (Å²) in [5.41, 5.74) is 5.96. The average molecular weight is 432 g/mol. The van der Waals surface area contributed by atoms with Crippen LogP contribution in [0.3, 0.4) is 0 Å². The van der Waals surface area contributed by atoms with Crippen LogP contribution in [0.15, 0.2) is 72.8 Å². The minimum atomic E-state index is -0.859. The summed E-state index contributed by atoms with van der Waals surface area (Å²) in [5, 5.41) is 2.80. The average Bonchev–Trinajstić information content (AvgIpc) is 3.10. The summed E-state index contributed by atoms with van der Waals surface area (Å²) in [6.45, 7) is 2.00. The zero-order valence-corrected chi connectivity index (χ0v) is 17.7. The second-order valence-corrected chi connectivity index (χ2v) is 7.60. The number of hydrazone groups is 1. The van der Waals surface area contributed by atoms with Crippen LogP contribution in [-0.2, 0) is 4.79 Å². The van der Waals surface area contributed by atoms with E-state index in [1.54, 1.807) is 23.9 Å². The molecule has 2 amide bonds. The van der Waals surface area contributed by atoms with Gasteiger partial charge in [0.25, 0.3) is 5.91 Å². The monoisotopic (exact) mass is 432 g/mol. The quantitative estimate of drug-likeness (QED) is 0.609. The van der Waals surface area contributed by atoms with E-state index in [9.17, 15) is 14.0 Å². The molecule has 7 heteroatoms. The molecule has 1 heterocycles. The lowest BCUT2D eigenvalue weighted by molar-refractivity contribution is -0.596. The minimum absolute atomic E-state index is 0.272. The van der Waals surface area contributed by atoms with E-state index in [-0.39, 0.29) is 11.5 Å². The van der Waals surface area contributed by atoms with Crippen molar-refractivity contribution in [3.63, 3.8) is 0 Å². The van der Waals surface area contributed by atoms with E-state index in [1.807, 2.05) is 49.5 Å². The van der Waals surface area contributed by atoms with Crippen LogP contribution in [0.1, 0.15) is 33.1 Å². The van der Waals surface area contributed by atoms with Gasteiger partial charge in [0.1, 0.15) is 11.6 Å². The number of aryl methyl sites for hydroxylation is 1. The van der Waals surface area contributed by atoms with Gasteiger partial charge in [0.15, 0.2) is 6.04 Å². The minimum Gasteiger partial charge on any atom is -0.497 e. The number of carbonyl (C=O) groups is 2. The standard InChI is InChI=1S/C25H22FN3O3/c1-16-3-5-17(6-4-16)15-29-23(18-9-13-21(32-2)14-10-18)22(25(31)28-29)27-24(30)19-7-11-20(26)12-8-19/h3-15,22-23H,1-2H3,(H-,27,28,30,31)/p+1/b29-15-/t22-,23+/m1/s1. The van der Waals surface area contributed by atoms with Crippen molar-refractivity contribution >= 4 is 18.0 Å². The van der Waals surface area contributed by atoms with Crippen LogP contribution < -0.4 is 15.5 Å². The number of nitrogens with zero attached hydrogens (tertiary/aromatic N) is 1. The molecular weight excluding hydrogens is 409 g/mol. The summed E-state index contributed by atoms with van der Waals surface area (Å²) in [5.74, 6) is -0.548. The second-order valence-electron chi connectivity index (χ2n) is 7.60. The third-order valence-electron chi connectivity index (χ3n) is 5.35. The Morgan fingerprint density at radius 3 is 2.31 bits per heavy atom. The van der Waals surface area contributed by atoms with Crippen molar-refractivity contribution in [3.8, 4) is 5.75 Å². The Labute approximate surface area is 185 Å². The predicted octanol–water partition coefficient (Wildman–Crippen LogP) is 3.16. The molecule has 2 atom stereocenters. The fraction of sp³-hybridized carbons (Fsp3) is 0.160. The topological polar surface area (TPSA) is 70.4 Å². The molecule has 6 nitrogen and oxygen atoms in total. The molecule has 0 aliphatic carbocycles. The molecule has 3 aromatic carbocycles. The van der Waals surface area contributed by atoms with Gasteiger partial charge < -0.3 is 10.1 Å². The molecular formula is C25H23FN3O3+. The van der Waals surface area contributed by atoms with Crippen molar-refractivity contribution in [2.24, 2.45) is 0 Å². The summed E-state index contributed by atoms with van der Waals surface area (Å²) >= 11 is 0. The maximum Gasteiger partial charge on any atom is 0.304 e. The molecule has 162 valence electrons. The molecule has 1 aliphatic rings. The Balaban J connectivity index is 1.69. The number of halogens is 1. The lowest BCUT2D eigenvalue weighted by Gasteiger charge is -2.15. The third kappa shape index (κ3) is 4.51. The summed E-state index contributed by atoms with van der Waals surface area (Å²) < 4.78 is 20.2.